The third kappa shape index (κ3) is 3.46. The maximum absolute atomic E-state index is 9.76. The summed E-state index contributed by atoms with van der Waals surface area (Å²) in [7, 11) is 0. The molecule has 0 saturated carbocycles. The van der Waals surface area contributed by atoms with Gasteiger partial charge in [0.1, 0.15) is 24.4 Å². The van der Waals surface area contributed by atoms with Gasteiger partial charge < -0.3 is 39.7 Å². The zero-order valence-electron chi connectivity index (χ0n) is 11.2. The Morgan fingerprint density at radius 1 is 1.00 bits per heavy atom. The van der Waals surface area contributed by atoms with Gasteiger partial charge in [-0.3, -0.25) is 0 Å². The third-order valence-electron chi connectivity index (χ3n) is 3.71. The first-order valence-corrected chi connectivity index (χ1v) is 6.69. The van der Waals surface area contributed by atoms with Gasteiger partial charge in [-0.05, 0) is 6.92 Å². The highest BCUT2D eigenvalue weighted by atomic mass is 16.7. The molecule has 8 heteroatoms. The minimum atomic E-state index is -1.36. The molecule has 0 spiro atoms. The Morgan fingerprint density at radius 3 is 2.35 bits per heavy atom. The van der Waals surface area contributed by atoms with E-state index in [2.05, 4.69) is 0 Å². The molecule has 8 atom stereocenters. The summed E-state index contributed by atoms with van der Waals surface area (Å²) < 4.78 is 15.9. The Hall–Kier alpha value is -0.320. The van der Waals surface area contributed by atoms with Crippen molar-refractivity contribution in [2.45, 2.75) is 62.4 Å². The van der Waals surface area contributed by atoms with Crippen molar-refractivity contribution in [1.29, 1.82) is 0 Å². The predicted molar refractivity (Wildman–Crippen MR) is 64.7 cm³/mol. The van der Waals surface area contributed by atoms with Crippen molar-refractivity contribution in [2.24, 2.45) is 0 Å². The molecule has 0 aromatic carbocycles. The van der Waals surface area contributed by atoms with Gasteiger partial charge in [-0.2, -0.15) is 0 Å². The summed E-state index contributed by atoms with van der Waals surface area (Å²) in [4.78, 5) is 0. The monoisotopic (exact) mass is 294 g/mol. The van der Waals surface area contributed by atoms with Crippen LogP contribution >= 0.6 is 0 Å². The zero-order chi connectivity index (χ0) is 14.9. The van der Waals surface area contributed by atoms with Crippen molar-refractivity contribution >= 4 is 0 Å². The topological polar surface area (TPSA) is 129 Å². The molecule has 0 amide bonds. The normalized spacial score (nSPS) is 50.1. The summed E-state index contributed by atoms with van der Waals surface area (Å²) in [5.41, 5.74) is 0. The third-order valence-corrected chi connectivity index (χ3v) is 3.71. The van der Waals surface area contributed by atoms with Gasteiger partial charge >= 0.3 is 0 Å². The molecule has 2 saturated heterocycles. The molecule has 5 N–H and O–H groups in total. The fourth-order valence-electron chi connectivity index (χ4n) is 2.31. The van der Waals surface area contributed by atoms with Gasteiger partial charge in [0.15, 0.2) is 6.29 Å². The second kappa shape index (κ2) is 6.63. The minimum Gasteiger partial charge on any atom is -0.390 e. The van der Waals surface area contributed by atoms with Crippen LogP contribution in [-0.4, -0.2) is 87.8 Å². The van der Waals surface area contributed by atoms with Crippen molar-refractivity contribution < 1.29 is 39.7 Å². The van der Waals surface area contributed by atoms with Crippen LogP contribution in [0.4, 0.5) is 0 Å². The van der Waals surface area contributed by atoms with Gasteiger partial charge in [-0.25, -0.2) is 0 Å². The molecular formula is C12H22O8. The molecule has 0 aliphatic carbocycles. The number of hydrogen-bond acceptors (Lipinski definition) is 8. The lowest BCUT2D eigenvalue weighted by atomic mass is 10.00. The summed E-state index contributed by atoms with van der Waals surface area (Å²) in [6, 6.07) is 0. The van der Waals surface area contributed by atoms with Gasteiger partial charge in [0.2, 0.25) is 0 Å². The Morgan fingerprint density at radius 2 is 1.70 bits per heavy atom. The standard InChI is InChI=1S/C12H22O8/c1-5-9(15)10(16)11(17)12(20-5)19-3-6-2-7(13)8(14)4-18-6/h5-17H,2-4H2,1H3/t5-,6-,7-,8-,9-,10+,11+,12+/m0/s1. The second-order valence-corrected chi connectivity index (χ2v) is 5.34. The summed E-state index contributed by atoms with van der Waals surface area (Å²) in [6.45, 7) is 1.62. The molecule has 2 rings (SSSR count). The largest absolute Gasteiger partial charge is 0.390 e. The van der Waals surface area contributed by atoms with E-state index in [-0.39, 0.29) is 19.6 Å². The molecule has 2 fully saturated rings. The lowest BCUT2D eigenvalue weighted by Gasteiger charge is -2.39. The van der Waals surface area contributed by atoms with Crippen LogP contribution in [0.15, 0.2) is 0 Å². The molecule has 0 aromatic heterocycles. The highest BCUT2D eigenvalue weighted by Crippen LogP contribution is 2.23. The molecule has 0 unspecified atom stereocenters. The van der Waals surface area contributed by atoms with E-state index in [1.807, 2.05) is 0 Å². The quantitative estimate of drug-likeness (QED) is 0.381. The lowest BCUT2D eigenvalue weighted by molar-refractivity contribution is -0.300. The molecule has 8 nitrogen and oxygen atoms in total. The fraction of sp³-hybridized carbons (Fsp3) is 1.00. The van der Waals surface area contributed by atoms with Crippen LogP contribution in [0.5, 0.6) is 0 Å². The lowest BCUT2D eigenvalue weighted by Crippen LogP contribution is -2.57. The molecule has 2 heterocycles. The first-order valence-electron chi connectivity index (χ1n) is 6.69. The van der Waals surface area contributed by atoms with Crippen LogP contribution in [0.2, 0.25) is 0 Å². The Kier molecular flexibility index (Phi) is 5.32. The van der Waals surface area contributed by atoms with Crippen molar-refractivity contribution in [3.05, 3.63) is 0 Å². The van der Waals surface area contributed by atoms with E-state index in [4.69, 9.17) is 14.2 Å². The highest BCUT2D eigenvalue weighted by Gasteiger charge is 2.42. The van der Waals surface area contributed by atoms with Crippen LogP contribution in [0.3, 0.4) is 0 Å². The van der Waals surface area contributed by atoms with Crippen molar-refractivity contribution in [2.75, 3.05) is 13.2 Å². The van der Waals surface area contributed by atoms with Crippen molar-refractivity contribution in [1.82, 2.24) is 0 Å². The average Bonchev–Trinajstić information content (AvgIpc) is 2.42. The van der Waals surface area contributed by atoms with E-state index >= 15 is 0 Å². The Labute approximate surface area is 116 Å². The molecule has 0 aromatic rings. The summed E-state index contributed by atoms with van der Waals surface area (Å²) in [5.74, 6) is 0. The maximum Gasteiger partial charge on any atom is 0.186 e. The molecule has 2 aliphatic heterocycles. The molecular weight excluding hydrogens is 272 g/mol. The second-order valence-electron chi connectivity index (χ2n) is 5.34. The summed E-state index contributed by atoms with van der Waals surface area (Å²) in [5, 5.41) is 47.8. The van der Waals surface area contributed by atoms with E-state index in [0.717, 1.165) is 0 Å². The fourth-order valence-corrected chi connectivity index (χ4v) is 2.31. The first kappa shape index (κ1) is 16.1. The van der Waals surface area contributed by atoms with E-state index < -0.39 is 49.0 Å². The van der Waals surface area contributed by atoms with E-state index in [0.29, 0.717) is 0 Å². The predicted octanol–water partition coefficient (Wildman–Crippen LogP) is -2.66. The van der Waals surface area contributed by atoms with Crippen LogP contribution in [0, 0.1) is 0 Å². The zero-order valence-corrected chi connectivity index (χ0v) is 11.2. The average molecular weight is 294 g/mol. The van der Waals surface area contributed by atoms with Gasteiger partial charge in [-0.1, -0.05) is 0 Å². The van der Waals surface area contributed by atoms with Crippen LogP contribution in [0.1, 0.15) is 13.3 Å². The Bertz CT molecular complexity index is 314. The van der Waals surface area contributed by atoms with Gasteiger partial charge in [0.25, 0.3) is 0 Å². The molecule has 2 aliphatic rings. The van der Waals surface area contributed by atoms with Gasteiger partial charge in [-0.15, -0.1) is 0 Å². The molecule has 20 heavy (non-hydrogen) atoms. The van der Waals surface area contributed by atoms with Gasteiger partial charge in [0, 0.05) is 6.42 Å². The number of aliphatic hydroxyl groups is 5. The number of rotatable bonds is 3. The molecule has 0 radical (unpaired) electrons. The van der Waals surface area contributed by atoms with Crippen molar-refractivity contribution in [3.63, 3.8) is 0 Å². The van der Waals surface area contributed by atoms with Crippen LogP contribution < -0.4 is 0 Å². The smallest absolute Gasteiger partial charge is 0.186 e. The Balaban J connectivity index is 1.81. The maximum atomic E-state index is 9.76. The van der Waals surface area contributed by atoms with Gasteiger partial charge in [0.05, 0.1) is 31.5 Å². The minimum absolute atomic E-state index is 0.0149. The SMILES string of the molecule is C[C@@H]1O[C@@H](OC[C@@H]2C[C@H](O)[C@@H](O)CO2)[C@H](O)[C@H](O)[C@H]1O. The van der Waals surface area contributed by atoms with Crippen molar-refractivity contribution in [3.8, 4) is 0 Å². The summed E-state index contributed by atoms with van der Waals surface area (Å²) >= 11 is 0. The van der Waals surface area contributed by atoms with Crippen LogP contribution in [0.25, 0.3) is 0 Å². The van der Waals surface area contributed by atoms with E-state index in [1.165, 1.54) is 0 Å². The van der Waals surface area contributed by atoms with E-state index in [1.54, 1.807) is 6.92 Å². The van der Waals surface area contributed by atoms with Crippen LogP contribution in [-0.2, 0) is 14.2 Å². The number of hydrogen-bond donors (Lipinski definition) is 5. The summed E-state index contributed by atoms with van der Waals surface area (Å²) in [6.07, 6.45) is -7.61. The highest BCUT2D eigenvalue weighted by molar-refractivity contribution is 4.87. The number of aliphatic hydroxyl groups excluding tert-OH is 5. The molecule has 118 valence electrons. The number of ether oxygens (including phenoxy) is 3. The first-order chi connectivity index (χ1) is 9.40. The van der Waals surface area contributed by atoms with E-state index in [9.17, 15) is 25.5 Å². The molecule has 0 bridgehead atoms.